The van der Waals surface area contributed by atoms with Gasteiger partial charge in [-0.1, -0.05) is 37.8 Å². The second-order valence-corrected chi connectivity index (χ2v) is 6.82. The summed E-state index contributed by atoms with van der Waals surface area (Å²) in [6.45, 7) is 1.66. The average molecular weight is 301 g/mol. The van der Waals surface area contributed by atoms with Crippen LogP contribution in [-0.4, -0.2) is 24.5 Å². The molecule has 0 bridgehead atoms. The number of hydrogen-bond donors (Lipinski definition) is 0. The Morgan fingerprint density at radius 3 is 2.50 bits per heavy atom. The lowest BCUT2D eigenvalue weighted by Crippen LogP contribution is -2.27. The normalized spacial score (nSPS) is 22.5. The van der Waals surface area contributed by atoms with Crippen LogP contribution in [0.25, 0.3) is 0 Å². The van der Waals surface area contributed by atoms with Crippen molar-refractivity contribution >= 4 is 5.91 Å². The van der Waals surface area contributed by atoms with Crippen molar-refractivity contribution in [3.05, 3.63) is 29.8 Å². The molecule has 2 fully saturated rings. The van der Waals surface area contributed by atoms with Crippen LogP contribution in [-0.2, 0) is 11.3 Å². The van der Waals surface area contributed by atoms with E-state index in [-0.39, 0.29) is 5.92 Å². The van der Waals surface area contributed by atoms with Gasteiger partial charge in [-0.3, -0.25) is 4.79 Å². The Bertz CT molecular complexity index is 491. The summed E-state index contributed by atoms with van der Waals surface area (Å²) < 4.78 is 5.18. The molecule has 3 rings (SSSR count). The Morgan fingerprint density at radius 1 is 1.09 bits per heavy atom. The fraction of sp³-hybridized carbons (Fsp3) is 0.632. The quantitative estimate of drug-likeness (QED) is 0.794. The lowest BCUT2D eigenvalue weighted by molar-refractivity contribution is -0.131. The number of rotatable bonds is 6. The molecule has 0 N–H and O–H groups in total. The number of benzene rings is 1. The van der Waals surface area contributed by atoms with Crippen molar-refractivity contribution in [1.82, 2.24) is 4.90 Å². The Kier molecular flexibility index (Phi) is 5.01. The van der Waals surface area contributed by atoms with Crippen molar-refractivity contribution in [2.24, 2.45) is 11.8 Å². The van der Waals surface area contributed by atoms with E-state index in [2.05, 4.69) is 12.1 Å². The summed E-state index contributed by atoms with van der Waals surface area (Å²) in [5.74, 6) is 2.40. The molecule has 22 heavy (non-hydrogen) atoms. The van der Waals surface area contributed by atoms with Crippen LogP contribution < -0.4 is 4.74 Å². The number of likely N-dealkylation sites (tertiary alicyclic amines) is 1. The molecule has 0 aromatic heterocycles. The number of methoxy groups -OCH3 is 1. The van der Waals surface area contributed by atoms with E-state index in [0.717, 1.165) is 37.6 Å². The fourth-order valence-corrected chi connectivity index (χ4v) is 3.92. The summed E-state index contributed by atoms with van der Waals surface area (Å²) in [6.07, 6.45) is 8.96. The summed E-state index contributed by atoms with van der Waals surface area (Å²) in [7, 11) is 1.67. The molecule has 3 heteroatoms. The highest BCUT2D eigenvalue weighted by molar-refractivity contribution is 5.80. The first-order valence-corrected chi connectivity index (χ1v) is 8.68. The SMILES string of the molecule is COc1ccc(CN2CC[C@H](CCC3CCCC3)C2=O)cc1. The first kappa shape index (κ1) is 15.4. The zero-order valence-electron chi connectivity index (χ0n) is 13.6. The summed E-state index contributed by atoms with van der Waals surface area (Å²) in [4.78, 5) is 14.6. The van der Waals surface area contributed by atoms with Crippen LogP contribution in [0.4, 0.5) is 0 Å². The second kappa shape index (κ2) is 7.17. The standard InChI is InChI=1S/C19H27NO2/c1-22-18-10-7-16(8-11-18)14-20-13-12-17(19(20)21)9-6-15-4-2-3-5-15/h7-8,10-11,15,17H,2-6,9,12-14H2,1H3/t17-/m0/s1. The van der Waals surface area contributed by atoms with E-state index in [4.69, 9.17) is 4.74 Å². The van der Waals surface area contributed by atoms with Crippen molar-refractivity contribution in [2.45, 2.75) is 51.5 Å². The van der Waals surface area contributed by atoms with Crippen molar-refractivity contribution < 1.29 is 9.53 Å². The van der Waals surface area contributed by atoms with Crippen LogP contribution in [0.2, 0.25) is 0 Å². The molecule has 1 amide bonds. The molecule has 3 nitrogen and oxygen atoms in total. The molecule has 1 aliphatic heterocycles. The minimum absolute atomic E-state index is 0.277. The van der Waals surface area contributed by atoms with Crippen molar-refractivity contribution in [3.8, 4) is 5.75 Å². The molecule has 1 heterocycles. The number of carbonyl (C=O) groups excluding carboxylic acids is 1. The van der Waals surface area contributed by atoms with E-state index < -0.39 is 0 Å². The third-order valence-corrected chi connectivity index (χ3v) is 5.34. The van der Waals surface area contributed by atoms with Gasteiger partial charge in [0.05, 0.1) is 7.11 Å². The maximum atomic E-state index is 12.5. The topological polar surface area (TPSA) is 29.5 Å². The Balaban J connectivity index is 1.49. The van der Waals surface area contributed by atoms with Gasteiger partial charge in [0.25, 0.3) is 0 Å². The zero-order chi connectivity index (χ0) is 15.4. The lowest BCUT2D eigenvalue weighted by atomic mass is 9.94. The summed E-state index contributed by atoms with van der Waals surface area (Å²) >= 11 is 0. The number of ether oxygens (including phenoxy) is 1. The van der Waals surface area contributed by atoms with Crippen LogP contribution in [0.3, 0.4) is 0 Å². The Morgan fingerprint density at radius 2 is 1.82 bits per heavy atom. The van der Waals surface area contributed by atoms with Gasteiger partial charge < -0.3 is 9.64 Å². The first-order chi connectivity index (χ1) is 10.8. The number of hydrogen-bond acceptors (Lipinski definition) is 2. The van der Waals surface area contributed by atoms with Crippen molar-refractivity contribution in [2.75, 3.05) is 13.7 Å². The van der Waals surface area contributed by atoms with Gasteiger partial charge in [0.1, 0.15) is 5.75 Å². The lowest BCUT2D eigenvalue weighted by Gasteiger charge is -2.17. The predicted octanol–water partition coefficient (Wildman–Crippen LogP) is 4.01. The van der Waals surface area contributed by atoms with E-state index in [1.807, 2.05) is 17.0 Å². The van der Waals surface area contributed by atoms with E-state index in [1.54, 1.807) is 7.11 Å². The van der Waals surface area contributed by atoms with E-state index in [0.29, 0.717) is 5.91 Å². The fourth-order valence-electron chi connectivity index (χ4n) is 3.92. The summed E-state index contributed by atoms with van der Waals surface area (Å²) in [5.41, 5.74) is 1.19. The number of carbonyl (C=O) groups is 1. The molecular weight excluding hydrogens is 274 g/mol. The summed E-state index contributed by atoms with van der Waals surface area (Å²) in [6, 6.07) is 8.04. The highest BCUT2D eigenvalue weighted by Gasteiger charge is 2.31. The average Bonchev–Trinajstić information content (AvgIpc) is 3.17. The second-order valence-electron chi connectivity index (χ2n) is 6.82. The van der Waals surface area contributed by atoms with Gasteiger partial charge in [0, 0.05) is 19.0 Å². The molecule has 2 aliphatic rings. The van der Waals surface area contributed by atoms with Gasteiger partial charge in [-0.25, -0.2) is 0 Å². The van der Waals surface area contributed by atoms with E-state index in [1.165, 1.54) is 37.7 Å². The monoisotopic (exact) mass is 301 g/mol. The van der Waals surface area contributed by atoms with Gasteiger partial charge in [-0.15, -0.1) is 0 Å². The molecule has 0 unspecified atom stereocenters. The smallest absolute Gasteiger partial charge is 0.226 e. The highest BCUT2D eigenvalue weighted by atomic mass is 16.5. The molecule has 120 valence electrons. The van der Waals surface area contributed by atoms with E-state index in [9.17, 15) is 4.79 Å². The van der Waals surface area contributed by atoms with Gasteiger partial charge in [-0.05, 0) is 42.9 Å². The third kappa shape index (κ3) is 3.63. The molecule has 0 radical (unpaired) electrons. The number of nitrogens with zero attached hydrogens (tertiary/aromatic N) is 1. The maximum absolute atomic E-state index is 12.5. The van der Waals surface area contributed by atoms with Crippen LogP contribution in [0, 0.1) is 11.8 Å². The van der Waals surface area contributed by atoms with Crippen LogP contribution >= 0.6 is 0 Å². The zero-order valence-corrected chi connectivity index (χ0v) is 13.6. The van der Waals surface area contributed by atoms with Crippen LogP contribution in [0.5, 0.6) is 5.75 Å². The molecule has 1 aromatic carbocycles. The maximum Gasteiger partial charge on any atom is 0.226 e. The van der Waals surface area contributed by atoms with Gasteiger partial charge >= 0.3 is 0 Å². The third-order valence-electron chi connectivity index (χ3n) is 5.34. The molecule has 1 atom stereocenters. The largest absolute Gasteiger partial charge is 0.497 e. The van der Waals surface area contributed by atoms with E-state index >= 15 is 0 Å². The van der Waals surface area contributed by atoms with Gasteiger partial charge in [0.15, 0.2) is 0 Å². The Labute approximate surface area is 133 Å². The van der Waals surface area contributed by atoms with Gasteiger partial charge in [0.2, 0.25) is 5.91 Å². The van der Waals surface area contributed by atoms with Crippen LogP contribution in [0.1, 0.15) is 50.5 Å². The molecule has 1 saturated carbocycles. The highest BCUT2D eigenvalue weighted by Crippen LogP contribution is 2.32. The minimum atomic E-state index is 0.277. The minimum Gasteiger partial charge on any atom is -0.497 e. The number of amides is 1. The molecular formula is C19H27NO2. The molecule has 1 saturated heterocycles. The van der Waals surface area contributed by atoms with Crippen LogP contribution in [0.15, 0.2) is 24.3 Å². The van der Waals surface area contributed by atoms with Gasteiger partial charge in [-0.2, -0.15) is 0 Å². The first-order valence-electron chi connectivity index (χ1n) is 8.68. The van der Waals surface area contributed by atoms with Crippen molar-refractivity contribution in [3.63, 3.8) is 0 Å². The predicted molar refractivity (Wildman–Crippen MR) is 87.7 cm³/mol. The molecule has 0 spiro atoms. The van der Waals surface area contributed by atoms with Crippen molar-refractivity contribution in [1.29, 1.82) is 0 Å². The summed E-state index contributed by atoms with van der Waals surface area (Å²) in [5, 5.41) is 0. The Hall–Kier alpha value is -1.51. The molecule has 1 aromatic rings. The molecule has 1 aliphatic carbocycles.